The number of aryl methyl sites for hydroxylation is 1. The number of rotatable bonds is 5. The second-order valence-corrected chi connectivity index (χ2v) is 8.35. The van der Waals surface area contributed by atoms with Crippen molar-refractivity contribution >= 4 is 29.0 Å². The Labute approximate surface area is 174 Å². The zero-order valence-corrected chi connectivity index (χ0v) is 17.4. The van der Waals surface area contributed by atoms with Gasteiger partial charge in [0.05, 0.1) is 16.5 Å². The fourth-order valence-electron chi connectivity index (χ4n) is 3.79. The van der Waals surface area contributed by atoms with Crippen LogP contribution in [-0.4, -0.2) is 67.1 Å². The van der Waals surface area contributed by atoms with E-state index in [-0.39, 0.29) is 17.9 Å². The number of aromatic nitrogens is 1. The average molecular weight is 415 g/mol. The first kappa shape index (κ1) is 19.8. The fraction of sp³-hybridized carbons (Fsp3) is 0.476. The van der Waals surface area contributed by atoms with Crippen LogP contribution in [0, 0.1) is 6.92 Å². The molecular formula is C21H26N4O3S. The van der Waals surface area contributed by atoms with Gasteiger partial charge in [0.25, 0.3) is 11.8 Å². The summed E-state index contributed by atoms with van der Waals surface area (Å²) in [5.41, 5.74) is 1.59. The van der Waals surface area contributed by atoms with E-state index in [0.717, 1.165) is 29.9 Å². The van der Waals surface area contributed by atoms with Gasteiger partial charge in [0.15, 0.2) is 0 Å². The number of thiophene rings is 1. The third kappa shape index (κ3) is 4.43. The van der Waals surface area contributed by atoms with E-state index >= 15 is 0 Å². The van der Waals surface area contributed by atoms with Gasteiger partial charge in [-0.3, -0.25) is 9.59 Å². The molecule has 0 radical (unpaired) electrons. The molecule has 4 heterocycles. The van der Waals surface area contributed by atoms with Gasteiger partial charge in [0.1, 0.15) is 5.82 Å². The molecule has 29 heavy (non-hydrogen) atoms. The number of hydrogen-bond donors (Lipinski definition) is 1. The Hall–Kier alpha value is -2.45. The highest BCUT2D eigenvalue weighted by Gasteiger charge is 2.27. The smallest absolute Gasteiger partial charge is 0.264 e. The molecule has 0 bridgehead atoms. The van der Waals surface area contributed by atoms with Crippen LogP contribution in [0.3, 0.4) is 0 Å². The quantitative estimate of drug-likeness (QED) is 0.813. The van der Waals surface area contributed by atoms with E-state index in [9.17, 15) is 9.59 Å². The summed E-state index contributed by atoms with van der Waals surface area (Å²) in [6.45, 7) is 5.80. The first-order valence-corrected chi connectivity index (χ1v) is 10.9. The van der Waals surface area contributed by atoms with Crippen molar-refractivity contribution in [2.45, 2.75) is 25.9 Å². The van der Waals surface area contributed by atoms with Gasteiger partial charge in [0.2, 0.25) is 0 Å². The van der Waals surface area contributed by atoms with E-state index in [1.807, 2.05) is 23.3 Å². The van der Waals surface area contributed by atoms with Crippen molar-refractivity contribution in [3.63, 3.8) is 0 Å². The maximum Gasteiger partial charge on any atom is 0.264 e. The summed E-state index contributed by atoms with van der Waals surface area (Å²) in [4.78, 5) is 34.7. The minimum absolute atomic E-state index is 0.0905. The number of nitrogens with zero attached hydrogens (tertiary/aromatic N) is 3. The summed E-state index contributed by atoms with van der Waals surface area (Å²) in [6, 6.07) is 5.56. The Morgan fingerprint density at radius 3 is 2.79 bits per heavy atom. The highest BCUT2D eigenvalue weighted by Crippen LogP contribution is 2.22. The molecule has 2 saturated heterocycles. The topological polar surface area (TPSA) is 74.8 Å². The number of carbonyl (C=O) groups is 2. The first-order chi connectivity index (χ1) is 14.1. The van der Waals surface area contributed by atoms with E-state index in [1.54, 1.807) is 18.3 Å². The van der Waals surface area contributed by atoms with Crippen LogP contribution < -0.4 is 10.2 Å². The molecule has 1 unspecified atom stereocenters. The summed E-state index contributed by atoms with van der Waals surface area (Å²) < 4.78 is 5.58. The van der Waals surface area contributed by atoms with Gasteiger partial charge in [-0.1, -0.05) is 0 Å². The lowest BCUT2D eigenvalue weighted by molar-refractivity contribution is 0.0749. The molecule has 2 amide bonds. The second-order valence-electron chi connectivity index (χ2n) is 7.43. The largest absolute Gasteiger partial charge is 0.376 e. The molecule has 2 aromatic rings. The number of piperazine rings is 1. The number of ether oxygens (including phenoxy) is 1. The van der Waals surface area contributed by atoms with Crippen molar-refractivity contribution in [2.24, 2.45) is 0 Å². The number of amides is 2. The van der Waals surface area contributed by atoms with Crippen LogP contribution in [0.1, 0.15) is 38.4 Å². The van der Waals surface area contributed by atoms with Crippen molar-refractivity contribution < 1.29 is 14.3 Å². The van der Waals surface area contributed by atoms with Gasteiger partial charge >= 0.3 is 0 Å². The predicted molar refractivity (Wildman–Crippen MR) is 113 cm³/mol. The molecule has 0 aromatic carbocycles. The molecule has 7 nitrogen and oxygen atoms in total. The summed E-state index contributed by atoms with van der Waals surface area (Å²) in [7, 11) is 0. The van der Waals surface area contributed by atoms with Gasteiger partial charge in [0, 0.05) is 45.5 Å². The van der Waals surface area contributed by atoms with Gasteiger partial charge in [-0.15, -0.1) is 11.3 Å². The van der Waals surface area contributed by atoms with Crippen LogP contribution in [-0.2, 0) is 4.74 Å². The van der Waals surface area contributed by atoms with E-state index < -0.39 is 0 Å². The van der Waals surface area contributed by atoms with Crippen LogP contribution >= 0.6 is 11.3 Å². The predicted octanol–water partition coefficient (Wildman–Crippen LogP) is 2.32. The van der Waals surface area contributed by atoms with Crippen LogP contribution in [0.2, 0.25) is 0 Å². The Morgan fingerprint density at radius 1 is 1.28 bits per heavy atom. The molecule has 154 valence electrons. The molecule has 2 aromatic heterocycles. The van der Waals surface area contributed by atoms with Crippen molar-refractivity contribution in [3.05, 3.63) is 45.8 Å². The minimum atomic E-state index is -0.128. The average Bonchev–Trinajstić information content (AvgIpc) is 3.43. The zero-order chi connectivity index (χ0) is 20.2. The fourth-order valence-corrected chi connectivity index (χ4v) is 4.68. The Kier molecular flexibility index (Phi) is 6.10. The number of anilines is 1. The summed E-state index contributed by atoms with van der Waals surface area (Å²) in [5, 5.41) is 4.93. The third-order valence-electron chi connectivity index (χ3n) is 5.47. The van der Waals surface area contributed by atoms with Crippen molar-refractivity contribution in [1.82, 2.24) is 15.2 Å². The summed E-state index contributed by atoms with van der Waals surface area (Å²) >= 11 is 1.49. The van der Waals surface area contributed by atoms with Crippen LogP contribution in [0.5, 0.6) is 0 Å². The number of hydrogen-bond acceptors (Lipinski definition) is 6. The van der Waals surface area contributed by atoms with Crippen molar-refractivity contribution in [2.75, 3.05) is 44.2 Å². The standard InChI is InChI=1S/C21H26N4O3S/c1-15-6-13-29-18(15)21(27)25-10-8-24(9-11-25)19-17(5-2-7-22-19)20(26)23-14-16-4-3-12-28-16/h2,5-7,13,16H,3-4,8-12,14H2,1H3,(H,23,26). The highest BCUT2D eigenvalue weighted by atomic mass is 32.1. The second kappa shape index (κ2) is 8.92. The Bertz CT molecular complexity index is 870. The van der Waals surface area contributed by atoms with Crippen LogP contribution in [0.4, 0.5) is 5.82 Å². The molecule has 2 fully saturated rings. The maximum atomic E-state index is 12.7. The summed E-state index contributed by atoms with van der Waals surface area (Å²) in [5.74, 6) is 0.640. The van der Waals surface area contributed by atoms with Crippen molar-refractivity contribution in [3.8, 4) is 0 Å². The first-order valence-electron chi connectivity index (χ1n) is 10.1. The maximum absolute atomic E-state index is 12.7. The SMILES string of the molecule is Cc1ccsc1C(=O)N1CCN(c2ncccc2C(=O)NCC2CCCO2)CC1. The zero-order valence-electron chi connectivity index (χ0n) is 16.6. The monoisotopic (exact) mass is 414 g/mol. The van der Waals surface area contributed by atoms with E-state index in [2.05, 4.69) is 15.2 Å². The van der Waals surface area contributed by atoms with Crippen molar-refractivity contribution in [1.29, 1.82) is 0 Å². The van der Waals surface area contributed by atoms with Gasteiger partial charge < -0.3 is 19.9 Å². The molecule has 2 aliphatic rings. The van der Waals surface area contributed by atoms with Gasteiger partial charge in [-0.05, 0) is 48.9 Å². The molecule has 8 heteroatoms. The molecule has 1 atom stereocenters. The lowest BCUT2D eigenvalue weighted by atomic mass is 10.2. The number of pyridine rings is 1. The lowest BCUT2D eigenvalue weighted by Gasteiger charge is -2.36. The van der Waals surface area contributed by atoms with Gasteiger partial charge in [-0.2, -0.15) is 0 Å². The molecule has 1 N–H and O–H groups in total. The molecule has 4 rings (SSSR count). The van der Waals surface area contributed by atoms with Gasteiger partial charge in [-0.25, -0.2) is 4.98 Å². The van der Waals surface area contributed by atoms with Crippen LogP contribution in [0.15, 0.2) is 29.8 Å². The minimum Gasteiger partial charge on any atom is -0.376 e. The molecule has 2 aliphatic heterocycles. The van der Waals surface area contributed by atoms with Crippen LogP contribution in [0.25, 0.3) is 0 Å². The molecule has 0 spiro atoms. The normalized spacial score (nSPS) is 19.4. The third-order valence-corrected chi connectivity index (χ3v) is 6.47. The number of nitrogens with one attached hydrogen (secondary N) is 1. The highest BCUT2D eigenvalue weighted by molar-refractivity contribution is 7.12. The molecule has 0 aliphatic carbocycles. The molecule has 0 saturated carbocycles. The summed E-state index contributed by atoms with van der Waals surface area (Å²) in [6.07, 6.45) is 3.85. The van der Waals surface area contributed by atoms with E-state index in [0.29, 0.717) is 44.1 Å². The van der Waals surface area contributed by atoms with E-state index in [4.69, 9.17) is 4.74 Å². The number of carbonyl (C=O) groups excluding carboxylic acids is 2. The van der Waals surface area contributed by atoms with E-state index in [1.165, 1.54) is 11.3 Å². The Morgan fingerprint density at radius 2 is 2.10 bits per heavy atom. The molecular weight excluding hydrogens is 388 g/mol. The lowest BCUT2D eigenvalue weighted by Crippen LogP contribution is -2.49. The Balaban J connectivity index is 1.39.